The zero-order valence-electron chi connectivity index (χ0n) is 20.5. The molecule has 38 heavy (non-hydrogen) atoms. The van der Waals surface area contributed by atoms with Crippen LogP contribution < -0.4 is 21.4 Å². The van der Waals surface area contributed by atoms with Crippen molar-refractivity contribution in [1.82, 2.24) is 16.1 Å². The van der Waals surface area contributed by atoms with Gasteiger partial charge in [0.05, 0.1) is 12.6 Å². The maximum Gasteiger partial charge on any atom is 0.268 e. The number of aliphatic hydroxyl groups is 1. The quantitative estimate of drug-likeness (QED) is 0.145. The molecule has 3 amide bonds. The number of hydrogen-bond acceptors (Lipinski definition) is 6. The molecule has 0 spiro atoms. The van der Waals surface area contributed by atoms with Crippen LogP contribution in [0.3, 0.4) is 0 Å². The first-order chi connectivity index (χ1) is 18.3. The van der Waals surface area contributed by atoms with Gasteiger partial charge in [0.25, 0.3) is 11.8 Å². The summed E-state index contributed by atoms with van der Waals surface area (Å²) in [7, 11) is 0. The second kappa shape index (κ2) is 13.7. The van der Waals surface area contributed by atoms with E-state index in [0.29, 0.717) is 22.4 Å². The van der Waals surface area contributed by atoms with Crippen molar-refractivity contribution in [2.24, 2.45) is 0 Å². The summed E-state index contributed by atoms with van der Waals surface area (Å²) >= 11 is 0. The summed E-state index contributed by atoms with van der Waals surface area (Å²) < 4.78 is 13.6. The molecule has 2 unspecified atom stereocenters. The minimum atomic E-state index is -1.31. The van der Waals surface area contributed by atoms with Crippen LogP contribution in [0.4, 0.5) is 10.1 Å². The van der Waals surface area contributed by atoms with E-state index in [4.69, 9.17) is 5.21 Å². The lowest BCUT2D eigenvalue weighted by Crippen LogP contribution is -2.51. The van der Waals surface area contributed by atoms with Gasteiger partial charge >= 0.3 is 0 Å². The molecule has 0 heterocycles. The zero-order chi connectivity index (χ0) is 27.5. The number of carbonyl (C=O) groups excluding carboxylic acids is 3. The van der Waals surface area contributed by atoms with Crippen LogP contribution in [0, 0.1) is 17.7 Å². The third-order valence-corrected chi connectivity index (χ3v) is 5.39. The van der Waals surface area contributed by atoms with Crippen molar-refractivity contribution in [2.45, 2.75) is 25.6 Å². The van der Waals surface area contributed by atoms with Crippen molar-refractivity contribution in [3.63, 3.8) is 0 Å². The van der Waals surface area contributed by atoms with Crippen LogP contribution in [0.15, 0.2) is 72.8 Å². The van der Waals surface area contributed by atoms with E-state index < -0.39 is 24.0 Å². The highest BCUT2D eigenvalue weighted by Crippen LogP contribution is 2.10. The van der Waals surface area contributed by atoms with Gasteiger partial charge in [-0.25, -0.2) is 9.87 Å². The second-order valence-electron chi connectivity index (χ2n) is 8.32. The summed E-state index contributed by atoms with van der Waals surface area (Å²) in [5.41, 5.74) is 4.07. The Labute approximate surface area is 219 Å². The maximum absolute atomic E-state index is 13.6. The molecule has 3 aromatic carbocycles. The van der Waals surface area contributed by atoms with E-state index in [1.165, 1.54) is 30.6 Å². The SMILES string of the molecule is CC(O)C(NC(=O)c1ccc(C#Cc2ccc(NC(=O)CNCc3ccccc3F)cc2)cc1)C(=O)NO. The van der Waals surface area contributed by atoms with Crippen molar-refractivity contribution < 1.29 is 29.1 Å². The lowest BCUT2D eigenvalue weighted by Gasteiger charge is -2.19. The molecule has 6 N–H and O–H groups in total. The van der Waals surface area contributed by atoms with Gasteiger partial charge in [0.15, 0.2) is 0 Å². The van der Waals surface area contributed by atoms with Crippen molar-refractivity contribution in [1.29, 1.82) is 0 Å². The predicted molar refractivity (Wildman–Crippen MR) is 138 cm³/mol. The van der Waals surface area contributed by atoms with Crippen LogP contribution in [0.5, 0.6) is 0 Å². The first-order valence-corrected chi connectivity index (χ1v) is 11.7. The topological polar surface area (TPSA) is 140 Å². The monoisotopic (exact) mass is 518 g/mol. The Kier molecular flexibility index (Phi) is 10.1. The highest BCUT2D eigenvalue weighted by atomic mass is 19.1. The van der Waals surface area contributed by atoms with E-state index in [9.17, 15) is 23.9 Å². The molecule has 10 heteroatoms. The van der Waals surface area contributed by atoms with Gasteiger partial charge in [-0.1, -0.05) is 30.0 Å². The first-order valence-electron chi connectivity index (χ1n) is 11.7. The number of hydroxylamine groups is 1. The van der Waals surface area contributed by atoms with E-state index in [1.807, 2.05) is 0 Å². The van der Waals surface area contributed by atoms with Gasteiger partial charge < -0.3 is 21.1 Å². The van der Waals surface area contributed by atoms with Crippen LogP contribution in [0.25, 0.3) is 0 Å². The van der Waals surface area contributed by atoms with Gasteiger partial charge in [-0.2, -0.15) is 0 Å². The molecule has 0 aliphatic heterocycles. The zero-order valence-corrected chi connectivity index (χ0v) is 20.5. The number of aliphatic hydroxyl groups excluding tert-OH is 1. The molecule has 0 bridgehead atoms. The Morgan fingerprint density at radius 1 is 0.921 bits per heavy atom. The molecule has 0 aliphatic carbocycles. The van der Waals surface area contributed by atoms with E-state index in [-0.39, 0.29) is 30.4 Å². The summed E-state index contributed by atoms with van der Waals surface area (Å²) in [6.45, 7) is 1.58. The van der Waals surface area contributed by atoms with E-state index in [1.54, 1.807) is 54.6 Å². The Morgan fingerprint density at radius 2 is 1.53 bits per heavy atom. The molecule has 0 radical (unpaired) electrons. The van der Waals surface area contributed by atoms with Crippen LogP contribution in [-0.2, 0) is 16.1 Å². The van der Waals surface area contributed by atoms with Crippen LogP contribution in [0.1, 0.15) is 34.0 Å². The van der Waals surface area contributed by atoms with E-state index in [2.05, 4.69) is 27.8 Å². The normalized spacial score (nSPS) is 11.9. The van der Waals surface area contributed by atoms with Gasteiger partial charge in [0, 0.05) is 34.5 Å². The van der Waals surface area contributed by atoms with Crippen molar-refractivity contribution in [2.75, 3.05) is 11.9 Å². The Bertz CT molecular complexity index is 1330. The molecular formula is C28H27FN4O5. The highest BCUT2D eigenvalue weighted by Gasteiger charge is 2.25. The molecular weight excluding hydrogens is 491 g/mol. The number of carbonyl (C=O) groups is 3. The summed E-state index contributed by atoms with van der Waals surface area (Å²) in [5.74, 6) is 3.85. The Balaban J connectivity index is 1.51. The summed E-state index contributed by atoms with van der Waals surface area (Å²) in [6.07, 6.45) is -1.21. The summed E-state index contributed by atoms with van der Waals surface area (Å²) in [4.78, 5) is 36.1. The van der Waals surface area contributed by atoms with Gasteiger partial charge in [-0.15, -0.1) is 0 Å². The molecule has 9 nitrogen and oxygen atoms in total. The summed E-state index contributed by atoms with van der Waals surface area (Å²) in [5, 5.41) is 26.4. The van der Waals surface area contributed by atoms with Crippen LogP contribution in [0.2, 0.25) is 0 Å². The lowest BCUT2D eigenvalue weighted by molar-refractivity contribution is -0.133. The third kappa shape index (κ3) is 8.25. The minimum Gasteiger partial charge on any atom is -0.391 e. The molecule has 0 aromatic heterocycles. The number of nitrogens with one attached hydrogen (secondary N) is 4. The number of amides is 3. The molecule has 0 saturated heterocycles. The van der Waals surface area contributed by atoms with Gasteiger partial charge in [0.1, 0.15) is 11.9 Å². The van der Waals surface area contributed by atoms with Gasteiger partial charge in [0.2, 0.25) is 5.91 Å². The van der Waals surface area contributed by atoms with Gasteiger partial charge in [-0.05, 0) is 61.5 Å². The average molecular weight is 519 g/mol. The Morgan fingerprint density at radius 3 is 2.11 bits per heavy atom. The molecule has 0 saturated carbocycles. The van der Waals surface area contributed by atoms with Crippen LogP contribution in [-0.4, -0.2) is 46.7 Å². The fourth-order valence-corrected chi connectivity index (χ4v) is 3.34. The largest absolute Gasteiger partial charge is 0.391 e. The number of hydrogen-bond donors (Lipinski definition) is 6. The summed E-state index contributed by atoms with van der Waals surface area (Å²) in [6, 6.07) is 18.3. The van der Waals surface area contributed by atoms with Crippen LogP contribution >= 0.6 is 0 Å². The minimum absolute atomic E-state index is 0.0260. The maximum atomic E-state index is 13.6. The second-order valence-corrected chi connectivity index (χ2v) is 8.32. The number of benzene rings is 3. The third-order valence-electron chi connectivity index (χ3n) is 5.39. The standard InChI is InChI=1S/C28H27FN4O5/c1-18(34)26(28(37)33-38)32-27(36)21-12-8-19(9-13-21)6-7-20-10-14-23(15-11-20)31-25(35)17-30-16-22-4-2-3-5-24(22)29/h2-5,8-15,18,26,30,34,38H,16-17H2,1H3,(H,31,35)(H,32,36)(H,33,37). The average Bonchev–Trinajstić information content (AvgIpc) is 2.92. The number of anilines is 1. The first kappa shape index (κ1) is 28.0. The lowest BCUT2D eigenvalue weighted by atomic mass is 10.1. The molecule has 3 rings (SSSR count). The number of rotatable bonds is 9. The van der Waals surface area contributed by atoms with E-state index in [0.717, 1.165) is 0 Å². The van der Waals surface area contributed by atoms with Crippen molar-refractivity contribution in [3.8, 4) is 11.8 Å². The molecule has 0 fully saturated rings. The van der Waals surface area contributed by atoms with Crippen molar-refractivity contribution in [3.05, 3.63) is 101 Å². The van der Waals surface area contributed by atoms with Crippen molar-refractivity contribution >= 4 is 23.4 Å². The fourth-order valence-electron chi connectivity index (χ4n) is 3.34. The molecule has 196 valence electrons. The van der Waals surface area contributed by atoms with Gasteiger partial charge in [-0.3, -0.25) is 19.6 Å². The Hall–Kier alpha value is -4.56. The highest BCUT2D eigenvalue weighted by molar-refractivity contribution is 5.97. The molecule has 2 atom stereocenters. The predicted octanol–water partition coefficient (Wildman–Crippen LogP) is 1.94. The smallest absolute Gasteiger partial charge is 0.268 e. The molecule has 3 aromatic rings. The molecule has 0 aliphatic rings. The fraction of sp³-hybridized carbons (Fsp3) is 0.179. The van der Waals surface area contributed by atoms with E-state index >= 15 is 0 Å². The number of halogens is 1.